The van der Waals surface area contributed by atoms with Crippen LogP contribution in [0.3, 0.4) is 0 Å². The minimum Gasteiger partial charge on any atom is -0.494 e. The molecule has 1 aromatic carbocycles. The molecule has 0 radical (unpaired) electrons. The molecule has 0 unspecified atom stereocenters. The molecular formula is C14H15N3O4. The molecule has 0 spiro atoms. The molecule has 1 aromatic heterocycles. The van der Waals surface area contributed by atoms with Crippen molar-refractivity contribution in [3.8, 4) is 5.88 Å². The Kier molecular flexibility index (Phi) is 4.22. The lowest BCUT2D eigenvalue weighted by Gasteiger charge is -2.10. The fourth-order valence-electron chi connectivity index (χ4n) is 1.98. The summed E-state index contributed by atoms with van der Waals surface area (Å²) in [6.45, 7) is 0.148. The van der Waals surface area contributed by atoms with E-state index >= 15 is 0 Å². The van der Waals surface area contributed by atoms with Gasteiger partial charge in [-0.05, 0) is 12.0 Å². The van der Waals surface area contributed by atoms with Crippen LogP contribution in [-0.4, -0.2) is 27.6 Å². The smallest absolute Gasteiger partial charge is 0.331 e. The third-order valence-electron chi connectivity index (χ3n) is 3.09. The summed E-state index contributed by atoms with van der Waals surface area (Å²) >= 11 is 0. The van der Waals surface area contributed by atoms with E-state index in [1.165, 1.54) is 7.05 Å². The number of hydrogen-bond donors (Lipinski definition) is 3. The lowest BCUT2D eigenvalue weighted by Crippen LogP contribution is -2.36. The van der Waals surface area contributed by atoms with Crippen molar-refractivity contribution >= 4 is 5.91 Å². The average molecular weight is 289 g/mol. The molecule has 7 heteroatoms. The summed E-state index contributed by atoms with van der Waals surface area (Å²) in [6.07, 6.45) is 0.480. The van der Waals surface area contributed by atoms with Crippen LogP contribution in [0.4, 0.5) is 0 Å². The second-order valence-corrected chi connectivity index (χ2v) is 4.42. The molecule has 1 heterocycles. The number of carbonyl (C=O) groups excluding carboxylic acids is 1. The summed E-state index contributed by atoms with van der Waals surface area (Å²) in [4.78, 5) is 37.0. The molecule has 1 amide bonds. The fraction of sp³-hybridized carbons (Fsp3) is 0.214. The molecule has 0 atom stereocenters. The maximum atomic E-state index is 11.8. The highest BCUT2D eigenvalue weighted by Crippen LogP contribution is 2.11. The Bertz CT molecular complexity index is 762. The lowest BCUT2D eigenvalue weighted by atomic mass is 10.1. The molecule has 0 fully saturated rings. The number of H-pyrrole nitrogens is 1. The van der Waals surface area contributed by atoms with Gasteiger partial charge in [0.1, 0.15) is 0 Å². The first-order valence-electron chi connectivity index (χ1n) is 6.36. The topological polar surface area (TPSA) is 104 Å². The third kappa shape index (κ3) is 3.02. The van der Waals surface area contributed by atoms with Gasteiger partial charge in [0, 0.05) is 13.6 Å². The van der Waals surface area contributed by atoms with Gasteiger partial charge in [0.05, 0.1) is 0 Å². The first kappa shape index (κ1) is 14.6. The number of hydrogen-bond acceptors (Lipinski definition) is 4. The van der Waals surface area contributed by atoms with Crippen molar-refractivity contribution in [2.45, 2.75) is 13.0 Å². The van der Waals surface area contributed by atoms with Gasteiger partial charge < -0.3 is 10.4 Å². The van der Waals surface area contributed by atoms with Crippen LogP contribution in [0.5, 0.6) is 5.88 Å². The van der Waals surface area contributed by atoms with Crippen molar-refractivity contribution in [3.05, 3.63) is 62.3 Å². The van der Waals surface area contributed by atoms with Crippen LogP contribution in [0.1, 0.15) is 15.9 Å². The van der Waals surface area contributed by atoms with Crippen molar-refractivity contribution in [1.29, 1.82) is 0 Å². The normalized spacial score (nSPS) is 10.3. The van der Waals surface area contributed by atoms with Gasteiger partial charge in [-0.2, -0.15) is 0 Å². The van der Waals surface area contributed by atoms with Crippen LogP contribution in [0.25, 0.3) is 0 Å². The summed E-state index contributed by atoms with van der Waals surface area (Å²) in [7, 11) is 1.33. The van der Waals surface area contributed by atoms with Gasteiger partial charge in [-0.15, -0.1) is 0 Å². The molecule has 7 nitrogen and oxygen atoms in total. The van der Waals surface area contributed by atoms with E-state index in [9.17, 15) is 19.5 Å². The molecule has 0 saturated carbocycles. The molecule has 0 aliphatic heterocycles. The Morgan fingerprint density at radius 2 is 1.95 bits per heavy atom. The Labute approximate surface area is 119 Å². The van der Waals surface area contributed by atoms with E-state index in [0.29, 0.717) is 6.42 Å². The number of amides is 1. The highest BCUT2D eigenvalue weighted by Gasteiger charge is 2.19. The summed E-state index contributed by atoms with van der Waals surface area (Å²) in [5.41, 5.74) is -1.16. The van der Waals surface area contributed by atoms with Crippen LogP contribution >= 0.6 is 0 Å². The summed E-state index contributed by atoms with van der Waals surface area (Å²) in [5.74, 6) is -1.37. The molecule has 21 heavy (non-hydrogen) atoms. The van der Waals surface area contributed by atoms with E-state index in [0.717, 1.165) is 10.1 Å². The molecule has 3 N–H and O–H groups in total. The Morgan fingerprint density at radius 1 is 1.29 bits per heavy atom. The van der Waals surface area contributed by atoms with Crippen LogP contribution in [-0.2, 0) is 13.0 Å². The van der Waals surface area contributed by atoms with Gasteiger partial charge in [-0.1, -0.05) is 30.3 Å². The van der Waals surface area contributed by atoms with Crippen molar-refractivity contribution in [1.82, 2.24) is 14.9 Å². The predicted molar refractivity (Wildman–Crippen MR) is 76.5 cm³/mol. The first-order chi connectivity index (χ1) is 10.0. The number of aromatic hydroxyl groups is 1. The van der Waals surface area contributed by atoms with Gasteiger partial charge in [-0.3, -0.25) is 19.1 Å². The molecule has 2 rings (SSSR count). The van der Waals surface area contributed by atoms with Crippen molar-refractivity contribution < 1.29 is 9.90 Å². The van der Waals surface area contributed by atoms with Gasteiger partial charge in [0.15, 0.2) is 5.56 Å². The lowest BCUT2D eigenvalue weighted by molar-refractivity contribution is 0.0956. The molecule has 2 aromatic rings. The quantitative estimate of drug-likeness (QED) is 0.727. The van der Waals surface area contributed by atoms with E-state index in [-0.39, 0.29) is 6.54 Å². The number of rotatable bonds is 4. The van der Waals surface area contributed by atoms with Crippen molar-refractivity contribution in [2.24, 2.45) is 0 Å². The molecular weight excluding hydrogens is 274 g/mol. The number of nitrogens with zero attached hydrogens (tertiary/aromatic N) is 1. The maximum absolute atomic E-state index is 11.8. The van der Waals surface area contributed by atoms with E-state index in [4.69, 9.17) is 0 Å². The zero-order valence-corrected chi connectivity index (χ0v) is 11.4. The monoisotopic (exact) mass is 289 g/mol. The molecule has 0 aliphatic rings. The van der Waals surface area contributed by atoms with E-state index in [1.54, 1.807) is 0 Å². The number of nitrogens with one attached hydrogen (secondary N) is 2. The third-order valence-corrected chi connectivity index (χ3v) is 3.09. The maximum Gasteiger partial charge on any atom is 0.331 e. The number of aryl methyl sites for hydroxylation is 1. The Hall–Kier alpha value is -2.83. The van der Waals surface area contributed by atoms with E-state index in [1.807, 2.05) is 35.3 Å². The summed E-state index contributed by atoms with van der Waals surface area (Å²) in [5, 5.41) is 12.3. The highest BCUT2D eigenvalue weighted by atomic mass is 16.3. The number of benzene rings is 1. The van der Waals surface area contributed by atoms with Crippen LogP contribution < -0.4 is 16.6 Å². The minimum absolute atomic E-state index is 0.148. The summed E-state index contributed by atoms with van der Waals surface area (Å²) in [6, 6.07) is 9.36. The summed E-state index contributed by atoms with van der Waals surface area (Å²) < 4.78 is 0.971. The largest absolute Gasteiger partial charge is 0.494 e. The zero-order valence-electron chi connectivity index (χ0n) is 11.4. The van der Waals surface area contributed by atoms with Gasteiger partial charge in [0.2, 0.25) is 5.88 Å². The van der Waals surface area contributed by atoms with Crippen molar-refractivity contribution in [3.63, 3.8) is 0 Å². The molecule has 0 saturated heterocycles. The molecule has 0 bridgehead atoms. The number of carbonyl (C=O) groups is 1. The van der Waals surface area contributed by atoms with Gasteiger partial charge in [0.25, 0.3) is 11.5 Å². The standard InChI is InChI=1S/C14H15N3O4/c1-15-11(18)10-12(19)16-14(21)17(13(10)20)8-7-9-5-3-2-4-6-9/h2-6,20H,7-8H2,1H3,(H,15,18)(H,16,19,21). The number of aromatic amines is 1. The zero-order chi connectivity index (χ0) is 15.4. The van der Waals surface area contributed by atoms with Crippen LogP contribution in [0.2, 0.25) is 0 Å². The average Bonchev–Trinajstić information content (AvgIpc) is 2.47. The molecule has 0 aliphatic carbocycles. The Balaban J connectivity index is 2.38. The SMILES string of the molecule is CNC(=O)c1c(O)n(CCc2ccccc2)c(=O)[nH]c1=O. The van der Waals surface area contributed by atoms with Gasteiger partial charge >= 0.3 is 5.69 Å². The van der Waals surface area contributed by atoms with Crippen LogP contribution in [0.15, 0.2) is 39.9 Å². The predicted octanol–water partition coefficient (Wildman–Crippen LogP) is -0.156. The fourth-order valence-corrected chi connectivity index (χ4v) is 1.98. The second kappa shape index (κ2) is 6.08. The van der Waals surface area contributed by atoms with E-state index in [2.05, 4.69) is 5.32 Å². The molecule has 110 valence electrons. The van der Waals surface area contributed by atoms with Gasteiger partial charge in [-0.25, -0.2) is 4.79 Å². The van der Waals surface area contributed by atoms with Crippen molar-refractivity contribution in [2.75, 3.05) is 7.05 Å². The first-order valence-corrected chi connectivity index (χ1v) is 6.36. The minimum atomic E-state index is -0.909. The Morgan fingerprint density at radius 3 is 2.57 bits per heavy atom. The number of aromatic nitrogens is 2. The van der Waals surface area contributed by atoms with E-state index < -0.39 is 28.6 Å². The van der Waals surface area contributed by atoms with Crippen LogP contribution in [0, 0.1) is 0 Å². The second-order valence-electron chi connectivity index (χ2n) is 4.42. The highest BCUT2D eigenvalue weighted by molar-refractivity contribution is 5.95.